The molecule has 3 aromatic rings. The predicted octanol–water partition coefficient (Wildman–Crippen LogP) is 4.64. The summed E-state index contributed by atoms with van der Waals surface area (Å²) in [6, 6.07) is 19.2. The highest BCUT2D eigenvalue weighted by Gasteiger charge is 2.09. The molecule has 0 aliphatic heterocycles. The number of amides is 1. The van der Waals surface area contributed by atoms with Crippen molar-refractivity contribution in [3.63, 3.8) is 0 Å². The summed E-state index contributed by atoms with van der Waals surface area (Å²) < 4.78 is 23.4. The van der Waals surface area contributed by atoms with Crippen LogP contribution in [0.2, 0.25) is 0 Å². The number of rotatable bonds is 8. The van der Waals surface area contributed by atoms with Crippen LogP contribution in [0.15, 0.2) is 66.7 Å². The Balaban J connectivity index is 1.53. The predicted molar refractivity (Wildman–Crippen MR) is 112 cm³/mol. The van der Waals surface area contributed by atoms with Gasteiger partial charge < -0.3 is 20.1 Å². The van der Waals surface area contributed by atoms with Crippen LogP contribution in [-0.2, 0) is 17.8 Å². The lowest BCUT2D eigenvalue weighted by Gasteiger charge is -2.11. The Morgan fingerprint density at radius 3 is 2.10 bits per heavy atom. The lowest BCUT2D eigenvalue weighted by molar-refractivity contribution is -0.115. The molecule has 0 atom stereocenters. The molecule has 29 heavy (non-hydrogen) atoms. The third-order valence-electron chi connectivity index (χ3n) is 4.39. The van der Waals surface area contributed by atoms with Crippen LogP contribution in [0.3, 0.4) is 0 Å². The van der Waals surface area contributed by atoms with E-state index in [4.69, 9.17) is 9.47 Å². The second kappa shape index (κ2) is 9.59. The number of anilines is 2. The first-order valence-corrected chi connectivity index (χ1v) is 9.16. The number of benzene rings is 3. The minimum absolute atomic E-state index is 0.121. The van der Waals surface area contributed by atoms with Crippen LogP contribution in [-0.4, -0.2) is 20.1 Å². The minimum atomic E-state index is -0.248. The molecule has 0 radical (unpaired) electrons. The lowest BCUT2D eigenvalue weighted by atomic mass is 10.1. The molecule has 0 aliphatic rings. The van der Waals surface area contributed by atoms with Gasteiger partial charge in [0.2, 0.25) is 5.91 Å². The zero-order valence-electron chi connectivity index (χ0n) is 16.4. The zero-order valence-corrected chi connectivity index (χ0v) is 16.4. The van der Waals surface area contributed by atoms with Crippen molar-refractivity contribution in [3.8, 4) is 11.5 Å². The van der Waals surface area contributed by atoms with E-state index in [0.29, 0.717) is 23.7 Å². The summed E-state index contributed by atoms with van der Waals surface area (Å²) in [6.45, 7) is 0.589. The number of hydrogen-bond donors (Lipinski definition) is 2. The fourth-order valence-electron chi connectivity index (χ4n) is 2.86. The molecule has 0 aliphatic carbocycles. The minimum Gasteiger partial charge on any atom is -0.493 e. The van der Waals surface area contributed by atoms with Crippen LogP contribution in [0.5, 0.6) is 11.5 Å². The van der Waals surface area contributed by atoms with Crippen molar-refractivity contribution >= 4 is 17.3 Å². The molecule has 0 aromatic heterocycles. The van der Waals surface area contributed by atoms with Gasteiger partial charge in [-0.15, -0.1) is 0 Å². The summed E-state index contributed by atoms with van der Waals surface area (Å²) >= 11 is 0. The Bertz CT molecular complexity index is 957. The van der Waals surface area contributed by atoms with Gasteiger partial charge in [0.15, 0.2) is 11.5 Å². The van der Waals surface area contributed by atoms with E-state index >= 15 is 0 Å². The Morgan fingerprint density at radius 1 is 0.828 bits per heavy atom. The number of methoxy groups -OCH3 is 2. The number of hydrogen-bond acceptors (Lipinski definition) is 4. The molecule has 0 fully saturated rings. The molecule has 0 heterocycles. The van der Waals surface area contributed by atoms with Crippen molar-refractivity contribution in [1.29, 1.82) is 0 Å². The standard InChI is InChI=1S/C23H23FN2O3/c1-28-21-12-5-17(13-22(21)29-2)14-23(27)26-20-10-8-19(9-11-20)25-15-16-3-6-18(24)7-4-16/h3-13,25H,14-15H2,1-2H3,(H,26,27). The second-order valence-corrected chi connectivity index (χ2v) is 6.47. The highest BCUT2D eigenvalue weighted by Crippen LogP contribution is 2.27. The van der Waals surface area contributed by atoms with Gasteiger partial charge in [-0.25, -0.2) is 4.39 Å². The second-order valence-electron chi connectivity index (χ2n) is 6.47. The summed E-state index contributed by atoms with van der Waals surface area (Å²) in [7, 11) is 3.13. The first-order valence-electron chi connectivity index (χ1n) is 9.16. The molecule has 3 rings (SSSR count). The van der Waals surface area contributed by atoms with Gasteiger partial charge in [0.05, 0.1) is 20.6 Å². The number of carbonyl (C=O) groups is 1. The topological polar surface area (TPSA) is 59.6 Å². The summed E-state index contributed by atoms with van der Waals surface area (Å²) in [5.41, 5.74) is 3.44. The summed E-state index contributed by atoms with van der Waals surface area (Å²) in [6.07, 6.45) is 0.227. The van der Waals surface area contributed by atoms with Crippen molar-refractivity contribution in [3.05, 3.63) is 83.7 Å². The first-order chi connectivity index (χ1) is 14.1. The van der Waals surface area contributed by atoms with Crippen LogP contribution >= 0.6 is 0 Å². The molecule has 3 aromatic carbocycles. The maximum absolute atomic E-state index is 12.9. The molecule has 0 unspecified atom stereocenters. The fraction of sp³-hybridized carbons (Fsp3) is 0.174. The van der Waals surface area contributed by atoms with Gasteiger partial charge in [0, 0.05) is 17.9 Å². The fourth-order valence-corrected chi connectivity index (χ4v) is 2.86. The molecular weight excluding hydrogens is 371 g/mol. The van der Waals surface area contributed by atoms with E-state index in [0.717, 1.165) is 16.8 Å². The van der Waals surface area contributed by atoms with Gasteiger partial charge in [0.25, 0.3) is 0 Å². The highest BCUT2D eigenvalue weighted by molar-refractivity contribution is 5.92. The zero-order chi connectivity index (χ0) is 20.6. The third kappa shape index (κ3) is 5.72. The van der Waals surface area contributed by atoms with E-state index in [9.17, 15) is 9.18 Å². The Morgan fingerprint density at radius 2 is 1.45 bits per heavy atom. The lowest BCUT2D eigenvalue weighted by Crippen LogP contribution is -2.14. The molecular formula is C23H23FN2O3. The van der Waals surface area contributed by atoms with Crippen molar-refractivity contribution in [2.75, 3.05) is 24.9 Å². The van der Waals surface area contributed by atoms with Gasteiger partial charge in [-0.2, -0.15) is 0 Å². The smallest absolute Gasteiger partial charge is 0.228 e. The molecule has 150 valence electrons. The van der Waals surface area contributed by atoms with E-state index < -0.39 is 0 Å². The van der Waals surface area contributed by atoms with E-state index in [1.807, 2.05) is 30.3 Å². The molecule has 2 N–H and O–H groups in total. The van der Waals surface area contributed by atoms with Gasteiger partial charge in [-0.3, -0.25) is 4.79 Å². The van der Waals surface area contributed by atoms with Crippen LogP contribution < -0.4 is 20.1 Å². The average Bonchev–Trinajstić information content (AvgIpc) is 2.74. The van der Waals surface area contributed by atoms with Gasteiger partial charge in [-0.05, 0) is 59.7 Å². The average molecular weight is 394 g/mol. The van der Waals surface area contributed by atoms with Crippen LogP contribution in [0, 0.1) is 5.82 Å². The van der Waals surface area contributed by atoms with E-state index in [-0.39, 0.29) is 18.1 Å². The number of nitrogens with one attached hydrogen (secondary N) is 2. The van der Waals surface area contributed by atoms with Crippen LogP contribution in [0.1, 0.15) is 11.1 Å². The molecule has 6 heteroatoms. The Kier molecular flexibility index (Phi) is 6.68. The quantitative estimate of drug-likeness (QED) is 0.585. The summed E-state index contributed by atoms with van der Waals surface area (Å²) in [5, 5.41) is 6.15. The maximum Gasteiger partial charge on any atom is 0.228 e. The Hall–Kier alpha value is -3.54. The molecule has 0 bridgehead atoms. The molecule has 0 saturated heterocycles. The number of carbonyl (C=O) groups excluding carboxylic acids is 1. The largest absolute Gasteiger partial charge is 0.493 e. The van der Waals surface area contributed by atoms with Gasteiger partial charge in [-0.1, -0.05) is 18.2 Å². The molecule has 0 spiro atoms. The number of halogens is 1. The van der Waals surface area contributed by atoms with Crippen LogP contribution in [0.25, 0.3) is 0 Å². The van der Waals surface area contributed by atoms with E-state index in [1.165, 1.54) is 12.1 Å². The number of ether oxygens (including phenoxy) is 2. The maximum atomic E-state index is 12.9. The summed E-state index contributed by atoms with van der Waals surface area (Å²) in [5.74, 6) is 0.848. The monoisotopic (exact) mass is 394 g/mol. The third-order valence-corrected chi connectivity index (χ3v) is 4.39. The molecule has 1 amide bonds. The van der Waals surface area contributed by atoms with E-state index in [1.54, 1.807) is 38.5 Å². The van der Waals surface area contributed by atoms with Gasteiger partial charge >= 0.3 is 0 Å². The molecule has 0 saturated carbocycles. The van der Waals surface area contributed by atoms with Gasteiger partial charge in [0.1, 0.15) is 5.82 Å². The van der Waals surface area contributed by atoms with Crippen molar-refractivity contribution in [2.24, 2.45) is 0 Å². The highest BCUT2D eigenvalue weighted by atomic mass is 19.1. The first kappa shape index (κ1) is 20.2. The molecule has 5 nitrogen and oxygen atoms in total. The SMILES string of the molecule is COc1ccc(CC(=O)Nc2ccc(NCc3ccc(F)cc3)cc2)cc1OC. The van der Waals surface area contributed by atoms with Crippen molar-refractivity contribution < 1.29 is 18.7 Å². The normalized spacial score (nSPS) is 10.3. The van der Waals surface area contributed by atoms with E-state index in [2.05, 4.69) is 10.6 Å². The Labute approximate surface area is 169 Å². The van der Waals surface area contributed by atoms with Crippen molar-refractivity contribution in [1.82, 2.24) is 0 Å². The van der Waals surface area contributed by atoms with Crippen molar-refractivity contribution in [2.45, 2.75) is 13.0 Å². The van der Waals surface area contributed by atoms with Crippen LogP contribution in [0.4, 0.5) is 15.8 Å². The summed E-state index contributed by atoms with van der Waals surface area (Å²) in [4.78, 5) is 12.3.